The highest BCUT2D eigenvalue weighted by Gasteiger charge is 2.06. The van der Waals surface area contributed by atoms with E-state index in [4.69, 9.17) is 10.5 Å². The van der Waals surface area contributed by atoms with Crippen LogP contribution >= 0.6 is 31.9 Å². The summed E-state index contributed by atoms with van der Waals surface area (Å²) in [6.45, 7) is 2.51. The molecule has 2 aromatic carbocycles. The molecule has 19 heavy (non-hydrogen) atoms. The van der Waals surface area contributed by atoms with Crippen LogP contribution in [0, 0.1) is 0 Å². The van der Waals surface area contributed by atoms with Gasteiger partial charge in [0.25, 0.3) is 0 Å². The van der Waals surface area contributed by atoms with Gasteiger partial charge in [-0.3, -0.25) is 0 Å². The van der Waals surface area contributed by atoms with Gasteiger partial charge < -0.3 is 10.5 Å². The lowest BCUT2D eigenvalue weighted by Crippen LogP contribution is -2.05. The number of hydrogen-bond acceptors (Lipinski definition) is 2. The molecular formula is C15H15Br2NO. The molecule has 0 radical (unpaired) electrons. The third kappa shape index (κ3) is 4.06. The summed E-state index contributed by atoms with van der Waals surface area (Å²) < 4.78 is 7.81. The summed E-state index contributed by atoms with van der Waals surface area (Å²) in [5.74, 6) is 0.830. The first kappa shape index (κ1) is 14.6. The van der Waals surface area contributed by atoms with Crippen molar-refractivity contribution in [3.05, 3.63) is 62.5 Å². The van der Waals surface area contributed by atoms with Crippen molar-refractivity contribution in [2.75, 3.05) is 0 Å². The van der Waals surface area contributed by atoms with Gasteiger partial charge in [0.1, 0.15) is 12.4 Å². The second-order valence-corrected chi connectivity index (χ2v) is 6.16. The van der Waals surface area contributed by atoms with Crippen molar-refractivity contribution in [1.29, 1.82) is 0 Å². The Morgan fingerprint density at radius 1 is 1.16 bits per heavy atom. The molecule has 0 saturated carbocycles. The lowest BCUT2D eigenvalue weighted by Gasteiger charge is -2.11. The molecule has 2 nitrogen and oxygen atoms in total. The smallest absolute Gasteiger partial charge is 0.120 e. The third-order valence-electron chi connectivity index (χ3n) is 2.76. The molecule has 0 heterocycles. The molecule has 0 spiro atoms. The van der Waals surface area contributed by atoms with Crippen LogP contribution < -0.4 is 10.5 Å². The van der Waals surface area contributed by atoms with Gasteiger partial charge >= 0.3 is 0 Å². The van der Waals surface area contributed by atoms with Crippen molar-refractivity contribution in [2.45, 2.75) is 19.6 Å². The van der Waals surface area contributed by atoms with Gasteiger partial charge in [0.15, 0.2) is 0 Å². The molecule has 0 fully saturated rings. The van der Waals surface area contributed by atoms with E-state index in [2.05, 4.69) is 31.9 Å². The van der Waals surface area contributed by atoms with Crippen LogP contribution in [0.15, 0.2) is 51.4 Å². The molecule has 100 valence electrons. The molecule has 2 aromatic rings. The van der Waals surface area contributed by atoms with E-state index in [-0.39, 0.29) is 6.04 Å². The molecular weight excluding hydrogens is 370 g/mol. The first-order valence-corrected chi connectivity index (χ1v) is 7.57. The summed E-state index contributed by atoms with van der Waals surface area (Å²) in [4.78, 5) is 0. The van der Waals surface area contributed by atoms with Gasteiger partial charge in [-0.2, -0.15) is 0 Å². The Labute approximate surface area is 130 Å². The van der Waals surface area contributed by atoms with Crippen LogP contribution in [0.4, 0.5) is 0 Å². The van der Waals surface area contributed by atoms with Crippen molar-refractivity contribution in [2.24, 2.45) is 5.73 Å². The van der Waals surface area contributed by atoms with Crippen molar-refractivity contribution < 1.29 is 4.74 Å². The number of rotatable bonds is 4. The fourth-order valence-corrected chi connectivity index (χ4v) is 2.93. The second kappa shape index (κ2) is 6.55. The zero-order valence-electron chi connectivity index (χ0n) is 10.6. The minimum atomic E-state index is 0.00787. The normalized spacial score (nSPS) is 12.2. The Hall–Kier alpha value is -0.840. The first-order chi connectivity index (χ1) is 9.06. The highest BCUT2D eigenvalue weighted by molar-refractivity contribution is 9.10. The van der Waals surface area contributed by atoms with Gasteiger partial charge in [0.05, 0.1) is 0 Å². The number of ether oxygens (including phenoxy) is 1. The van der Waals surface area contributed by atoms with E-state index in [9.17, 15) is 0 Å². The monoisotopic (exact) mass is 383 g/mol. The number of benzene rings is 2. The van der Waals surface area contributed by atoms with Gasteiger partial charge in [-0.1, -0.05) is 50.1 Å². The van der Waals surface area contributed by atoms with Gasteiger partial charge in [-0.05, 0) is 42.3 Å². The summed E-state index contributed by atoms with van der Waals surface area (Å²) in [6.07, 6.45) is 0. The zero-order valence-corrected chi connectivity index (χ0v) is 13.7. The molecule has 2 N–H and O–H groups in total. The van der Waals surface area contributed by atoms with Crippen LogP contribution in [0.3, 0.4) is 0 Å². The highest BCUT2D eigenvalue weighted by atomic mass is 79.9. The Bertz CT molecular complexity index is 570. The molecule has 0 amide bonds. The van der Waals surface area contributed by atoms with E-state index in [1.54, 1.807) is 0 Å². The van der Waals surface area contributed by atoms with E-state index < -0.39 is 0 Å². The predicted molar refractivity (Wildman–Crippen MR) is 85.2 cm³/mol. The first-order valence-electron chi connectivity index (χ1n) is 5.98. The van der Waals surface area contributed by atoms with E-state index in [0.717, 1.165) is 25.8 Å². The van der Waals surface area contributed by atoms with Gasteiger partial charge in [0.2, 0.25) is 0 Å². The molecule has 4 heteroatoms. The maximum atomic E-state index is 5.87. The van der Waals surface area contributed by atoms with Crippen LogP contribution in [0.5, 0.6) is 5.75 Å². The molecule has 0 aliphatic heterocycles. The molecule has 0 aliphatic rings. The van der Waals surface area contributed by atoms with Crippen molar-refractivity contribution in [3.8, 4) is 5.75 Å². The van der Waals surface area contributed by atoms with Crippen LogP contribution in [-0.4, -0.2) is 0 Å². The number of nitrogens with two attached hydrogens (primary N) is 1. The molecule has 2 rings (SSSR count). The predicted octanol–water partition coefficient (Wildman–Crippen LogP) is 4.81. The highest BCUT2D eigenvalue weighted by Crippen LogP contribution is 2.27. The third-order valence-corrected chi connectivity index (χ3v) is 3.94. The lowest BCUT2D eigenvalue weighted by atomic mass is 10.1. The average molecular weight is 385 g/mol. The van der Waals surface area contributed by atoms with Crippen LogP contribution in [-0.2, 0) is 6.61 Å². The van der Waals surface area contributed by atoms with Gasteiger partial charge in [-0.25, -0.2) is 0 Å². The second-order valence-electron chi connectivity index (χ2n) is 4.39. The Balaban J connectivity index is 2.06. The lowest BCUT2D eigenvalue weighted by molar-refractivity contribution is 0.306. The summed E-state index contributed by atoms with van der Waals surface area (Å²) >= 11 is 6.97. The zero-order chi connectivity index (χ0) is 13.8. The minimum Gasteiger partial charge on any atom is -0.489 e. The maximum absolute atomic E-state index is 5.87. The SMILES string of the molecule is C[C@@H](N)c1ccc(OCc2cccc(Br)c2)cc1Br. The van der Waals surface area contributed by atoms with Crippen molar-refractivity contribution >= 4 is 31.9 Å². The van der Waals surface area contributed by atoms with E-state index in [0.29, 0.717) is 6.61 Å². The Kier molecular flexibility index (Phi) is 5.02. The van der Waals surface area contributed by atoms with E-state index in [1.165, 1.54) is 0 Å². The fraction of sp³-hybridized carbons (Fsp3) is 0.200. The minimum absolute atomic E-state index is 0.00787. The molecule has 0 saturated heterocycles. The topological polar surface area (TPSA) is 35.2 Å². The number of hydrogen-bond donors (Lipinski definition) is 1. The molecule has 0 aromatic heterocycles. The largest absolute Gasteiger partial charge is 0.489 e. The van der Waals surface area contributed by atoms with E-state index >= 15 is 0 Å². The van der Waals surface area contributed by atoms with Crippen LogP contribution in [0.1, 0.15) is 24.1 Å². The van der Waals surface area contributed by atoms with Crippen LogP contribution in [0.2, 0.25) is 0 Å². The molecule has 0 unspecified atom stereocenters. The molecule has 0 aliphatic carbocycles. The maximum Gasteiger partial charge on any atom is 0.120 e. The number of halogens is 2. The van der Waals surface area contributed by atoms with Crippen molar-refractivity contribution in [3.63, 3.8) is 0 Å². The summed E-state index contributed by atoms with van der Waals surface area (Å²) in [5, 5.41) is 0. The Morgan fingerprint density at radius 2 is 1.95 bits per heavy atom. The average Bonchev–Trinajstić information content (AvgIpc) is 2.36. The van der Waals surface area contributed by atoms with E-state index in [1.807, 2.05) is 49.4 Å². The van der Waals surface area contributed by atoms with Gasteiger partial charge in [0, 0.05) is 15.0 Å². The quantitative estimate of drug-likeness (QED) is 0.820. The summed E-state index contributed by atoms with van der Waals surface area (Å²) in [5.41, 5.74) is 8.08. The summed E-state index contributed by atoms with van der Waals surface area (Å²) in [6, 6.07) is 14.0. The Morgan fingerprint density at radius 3 is 2.58 bits per heavy atom. The standard InChI is InChI=1S/C15H15Br2NO/c1-10(18)14-6-5-13(8-15(14)17)19-9-11-3-2-4-12(16)7-11/h2-8,10H,9,18H2,1H3/t10-/m1/s1. The summed E-state index contributed by atoms with van der Waals surface area (Å²) in [7, 11) is 0. The fourth-order valence-electron chi connectivity index (χ4n) is 1.76. The molecule has 0 bridgehead atoms. The van der Waals surface area contributed by atoms with Gasteiger partial charge in [-0.15, -0.1) is 0 Å². The van der Waals surface area contributed by atoms with Crippen molar-refractivity contribution in [1.82, 2.24) is 0 Å². The molecule has 1 atom stereocenters. The van der Waals surface area contributed by atoms with Crippen LogP contribution in [0.25, 0.3) is 0 Å².